The van der Waals surface area contributed by atoms with Gasteiger partial charge >= 0.3 is 0 Å². The molecule has 0 saturated heterocycles. The van der Waals surface area contributed by atoms with Crippen LogP contribution >= 0.6 is 38.9 Å². The minimum Gasteiger partial charge on any atom is -0.490 e. The summed E-state index contributed by atoms with van der Waals surface area (Å²) in [4.78, 5) is 17.2. The third kappa shape index (κ3) is 7.22. The molecule has 0 aliphatic rings. The predicted molar refractivity (Wildman–Crippen MR) is 158 cm³/mol. The zero-order valence-electron chi connectivity index (χ0n) is 20.4. The Hall–Kier alpha value is -3.66. The van der Waals surface area contributed by atoms with E-state index >= 15 is 0 Å². The number of hydrazone groups is 1. The molecule has 3 aromatic carbocycles. The van der Waals surface area contributed by atoms with Crippen molar-refractivity contribution in [3.8, 4) is 22.8 Å². The monoisotopic (exact) mass is 610 g/mol. The summed E-state index contributed by atoms with van der Waals surface area (Å²) in [6.45, 7) is 6.40. The van der Waals surface area contributed by atoms with Gasteiger partial charge in [-0.3, -0.25) is 4.79 Å². The van der Waals surface area contributed by atoms with Gasteiger partial charge in [0.2, 0.25) is 0 Å². The molecule has 0 fully saturated rings. The fourth-order valence-electron chi connectivity index (χ4n) is 3.32. The maximum Gasteiger partial charge on any atom is 0.271 e. The van der Waals surface area contributed by atoms with E-state index in [-0.39, 0.29) is 5.91 Å². The average molecular weight is 612 g/mol. The van der Waals surface area contributed by atoms with Crippen molar-refractivity contribution in [3.63, 3.8) is 0 Å². The molecule has 0 aliphatic carbocycles. The molecule has 10 heteroatoms. The summed E-state index contributed by atoms with van der Waals surface area (Å²) >= 11 is 10.9. The van der Waals surface area contributed by atoms with Gasteiger partial charge < -0.3 is 14.8 Å². The minimum absolute atomic E-state index is 0.330. The molecule has 0 unspecified atom stereocenters. The van der Waals surface area contributed by atoms with Crippen molar-refractivity contribution >= 4 is 61.8 Å². The highest BCUT2D eigenvalue weighted by Gasteiger charge is 2.11. The average Bonchev–Trinajstić information content (AvgIpc) is 3.39. The van der Waals surface area contributed by atoms with Gasteiger partial charge in [0.1, 0.15) is 6.61 Å². The Bertz CT molecular complexity index is 1440. The van der Waals surface area contributed by atoms with Crippen molar-refractivity contribution in [3.05, 3.63) is 99.3 Å². The maximum atomic E-state index is 12.6. The van der Waals surface area contributed by atoms with Crippen LogP contribution in [0.2, 0.25) is 5.02 Å². The van der Waals surface area contributed by atoms with Crippen molar-refractivity contribution < 1.29 is 14.3 Å². The maximum absolute atomic E-state index is 12.6. The van der Waals surface area contributed by atoms with Crippen LogP contribution in [-0.4, -0.2) is 30.3 Å². The van der Waals surface area contributed by atoms with Gasteiger partial charge in [0.05, 0.1) is 18.5 Å². The van der Waals surface area contributed by atoms with Gasteiger partial charge in [-0.15, -0.1) is 11.3 Å². The molecule has 4 rings (SSSR count). The first-order chi connectivity index (χ1) is 18.5. The number of nitrogens with zero attached hydrogens (tertiary/aromatic N) is 2. The number of carbonyl (C=O) groups excluding carboxylic acids is 1. The van der Waals surface area contributed by atoms with Crippen LogP contribution in [0.15, 0.2) is 88.3 Å². The van der Waals surface area contributed by atoms with Crippen LogP contribution in [0, 0.1) is 0 Å². The normalized spacial score (nSPS) is 10.8. The molecule has 1 aromatic heterocycles. The van der Waals surface area contributed by atoms with E-state index in [1.807, 2.05) is 48.7 Å². The number of anilines is 2. The third-order valence-electron chi connectivity index (χ3n) is 5.13. The molecule has 38 heavy (non-hydrogen) atoms. The van der Waals surface area contributed by atoms with Crippen LogP contribution in [0.25, 0.3) is 11.3 Å². The Kier molecular flexibility index (Phi) is 9.53. The summed E-state index contributed by atoms with van der Waals surface area (Å²) in [6.07, 6.45) is 3.20. The lowest BCUT2D eigenvalue weighted by Gasteiger charge is -2.12. The molecular weight excluding hydrogens is 588 g/mol. The van der Waals surface area contributed by atoms with Crippen LogP contribution in [-0.2, 0) is 0 Å². The molecule has 0 bridgehead atoms. The van der Waals surface area contributed by atoms with Crippen LogP contribution in [0.1, 0.15) is 22.8 Å². The molecule has 4 aromatic rings. The van der Waals surface area contributed by atoms with E-state index in [9.17, 15) is 4.79 Å². The van der Waals surface area contributed by atoms with Crippen molar-refractivity contribution in [2.24, 2.45) is 5.10 Å². The molecule has 2 N–H and O–H groups in total. The van der Waals surface area contributed by atoms with Gasteiger partial charge in [-0.2, -0.15) is 5.10 Å². The summed E-state index contributed by atoms with van der Waals surface area (Å²) in [6, 6.07) is 18.2. The number of rotatable bonds is 11. The number of nitrogens with one attached hydrogen (secondary N) is 2. The Labute approximate surface area is 238 Å². The lowest BCUT2D eigenvalue weighted by atomic mass is 10.1. The Morgan fingerprint density at radius 2 is 1.87 bits per heavy atom. The number of carbonyl (C=O) groups is 1. The Morgan fingerprint density at radius 3 is 2.58 bits per heavy atom. The van der Waals surface area contributed by atoms with E-state index in [0.717, 1.165) is 32.1 Å². The topological polar surface area (TPSA) is 84.8 Å². The second kappa shape index (κ2) is 13.2. The molecule has 0 saturated carbocycles. The van der Waals surface area contributed by atoms with Crippen LogP contribution in [0.4, 0.5) is 10.8 Å². The summed E-state index contributed by atoms with van der Waals surface area (Å²) in [5, 5.41) is 10.8. The first-order valence-electron chi connectivity index (χ1n) is 11.6. The zero-order valence-corrected chi connectivity index (χ0v) is 23.6. The van der Waals surface area contributed by atoms with Crippen molar-refractivity contribution in [2.75, 3.05) is 18.5 Å². The SMILES string of the molecule is C=CCOc1cc(Br)c(/C=N\NC(=O)c2ccc(-c3csc(Nc4ccc(Cl)cc4)n3)cc2)cc1OCC. The number of hydrogen-bond donors (Lipinski definition) is 2. The van der Waals surface area contributed by atoms with Crippen LogP contribution < -0.4 is 20.2 Å². The molecule has 7 nitrogen and oxygen atoms in total. The molecule has 194 valence electrons. The first kappa shape index (κ1) is 27.4. The summed E-state index contributed by atoms with van der Waals surface area (Å²) in [7, 11) is 0. The van der Waals surface area contributed by atoms with Gasteiger partial charge in [0.15, 0.2) is 16.6 Å². The minimum atomic E-state index is -0.330. The number of halogens is 2. The summed E-state index contributed by atoms with van der Waals surface area (Å²) in [5.74, 6) is 0.839. The molecular formula is C28H24BrClN4O3S. The molecule has 1 heterocycles. The number of hydrogen-bond acceptors (Lipinski definition) is 7. The van der Waals surface area contributed by atoms with E-state index < -0.39 is 0 Å². The number of aromatic nitrogens is 1. The van der Waals surface area contributed by atoms with Gasteiger partial charge in [-0.05, 0) is 71.4 Å². The Morgan fingerprint density at radius 1 is 1.13 bits per heavy atom. The van der Waals surface area contributed by atoms with E-state index in [0.29, 0.717) is 35.3 Å². The molecule has 1 amide bonds. The van der Waals surface area contributed by atoms with Crippen molar-refractivity contribution in [2.45, 2.75) is 6.92 Å². The highest BCUT2D eigenvalue weighted by Crippen LogP contribution is 2.33. The molecule has 0 radical (unpaired) electrons. The smallest absolute Gasteiger partial charge is 0.271 e. The fourth-order valence-corrected chi connectivity index (χ4v) is 4.61. The lowest BCUT2D eigenvalue weighted by Crippen LogP contribution is -2.17. The zero-order chi connectivity index (χ0) is 26.9. The highest BCUT2D eigenvalue weighted by atomic mass is 79.9. The second-order valence-electron chi connectivity index (χ2n) is 7.80. The van der Waals surface area contributed by atoms with Gasteiger partial charge in [0, 0.05) is 37.3 Å². The summed E-state index contributed by atoms with van der Waals surface area (Å²) in [5.41, 5.74) is 6.37. The number of ether oxygens (including phenoxy) is 2. The van der Waals surface area contributed by atoms with Gasteiger partial charge in [-0.25, -0.2) is 10.4 Å². The predicted octanol–water partition coefficient (Wildman–Crippen LogP) is 7.70. The van der Waals surface area contributed by atoms with E-state index in [1.165, 1.54) is 11.3 Å². The van der Waals surface area contributed by atoms with Crippen molar-refractivity contribution in [1.29, 1.82) is 0 Å². The molecule has 0 aliphatic heterocycles. The number of benzene rings is 3. The second-order valence-corrected chi connectivity index (χ2v) is 9.95. The van der Waals surface area contributed by atoms with E-state index in [1.54, 1.807) is 36.6 Å². The largest absolute Gasteiger partial charge is 0.490 e. The third-order valence-corrected chi connectivity index (χ3v) is 6.83. The highest BCUT2D eigenvalue weighted by molar-refractivity contribution is 9.10. The van der Waals surface area contributed by atoms with Crippen molar-refractivity contribution in [1.82, 2.24) is 10.4 Å². The summed E-state index contributed by atoms with van der Waals surface area (Å²) < 4.78 is 12.1. The Balaban J connectivity index is 1.38. The number of amides is 1. The van der Waals surface area contributed by atoms with Crippen LogP contribution in [0.5, 0.6) is 11.5 Å². The quantitative estimate of drug-likeness (QED) is 0.103. The first-order valence-corrected chi connectivity index (χ1v) is 13.6. The van der Waals surface area contributed by atoms with Crippen LogP contribution in [0.3, 0.4) is 0 Å². The van der Waals surface area contributed by atoms with Gasteiger partial charge in [0.25, 0.3) is 5.91 Å². The molecule has 0 atom stereocenters. The number of thiazole rings is 1. The van der Waals surface area contributed by atoms with E-state index in [2.05, 4.69) is 43.3 Å². The molecule has 0 spiro atoms. The lowest BCUT2D eigenvalue weighted by molar-refractivity contribution is 0.0955. The standard InChI is InChI=1S/C28H24BrClN4O3S/c1-3-13-37-26-15-23(29)20(14-25(26)36-4-2)16-31-34-27(35)19-7-5-18(6-8-19)24-17-38-28(33-24)32-22-11-9-21(30)10-12-22/h3,5-12,14-17H,1,4,13H2,2H3,(H,32,33)(H,34,35)/b31-16-. The van der Waals surface area contributed by atoms with Gasteiger partial charge in [-0.1, -0.05) is 36.4 Å². The van der Waals surface area contributed by atoms with E-state index in [4.69, 9.17) is 21.1 Å². The fraction of sp³-hybridized carbons (Fsp3) is 0.107.